The first-order valence-electron chi connectivity index (χ1n) is 7.49. The molecule has 0 aliphatic heterocycles. The summed E-state index contributed by atoms with van der Waals surface area (Å²) in [6.07, 6.45) is 4.58. The maximum Gasteiger partial charge on any atom is 0.129 e. The molecule has 1 saturated carbocycles. The number of pyridine rings is 1. The minimum atomic E-state index is 0.0379. The van der Waals surface area contributed by atoms with E-state index in [9.17, 15) is 0 Å². The number of anilines is 1. The van der Waals surface area contributed by atoms with E-state index in [1.165, 1.54) is 18.4 Å². The lowest BCUT2D eigenvalue weighted by molar-refractivity contribution is 0.516. The Bertz CT molecular complexity index is 470. The zero-order valence-electron chi connectivity index (χ0n) is 13.2. The van der Waals surface area contributed by atoms with Gasteiger partial charge in [0.1, 0.15) is 5.82 Å². The molecule has 1 heterocycles. The Balaban J connectivity index is 2.21. The number of hydrogen-bond donors (Lipinski definition) is 1. The highest BCUT2D eigenvalue weighted by molar-refractivity contribution is 5.45. The van der Waals surface area contributed by atoms with Gasteiger partial charge in [-0.2, -0.15) is 0 Å². The molecule has 0 atom stereocenters. The molecule has 110 valence electrons. The van der Waals surface area contributed by atoms with Gasteiger partial charge < -0.3 is 10.2 Å². The summed E-state index contributed by atoms with van der Waals surface area (Å²) in [5.74, 6) is 1.05. The van der Waals surface area contributed by atoms with Crippen LogP contribution in [0.15, 0.2) is 24.8 Å². The van der Waals surface area contributed by atoms with E-state index in [-0.39, 0.29) is 5.54 Å². The van der Waals surface area contributed by atoms with Gasteiger partial charge in [-0.05, 0) is 58.2 Å². The Kier molecular flexibility index (Phi) is 4.48. The smallest absolute Gasteiger partial charge is 0.129 e. The molecule has 1 aromatic heterocycles. The van der Waals surface area contributed by atoms with Gasteiger partial charge in [0.25, 0.3) is 0 Å². The fourth-order valence-electron chi connectivity index (χ4n) is 2.35. The van der Waals surface area contributed by atoms with Crippen molar-refractivity contribution in [2.24, 2.45) is 0 Å². The second-order valence-corrected chi connectivity index (χ2v) is 6.70. The zero-order valence-corrected chi connectivity index (χ0v) is 13.2. The molecule has 2 rings (SSSR count). The van der Waals surface area contributed by atoms with E-state index in [1.54, 1.807) is 0 Å². The summed E-state index contributed by atoms with van der Waals surface area (Å²) in [5.41, 5.74) is 2.43. The van der Waals surface area contributed by atoms with E-state index in [1.807, 2.05) is 6.08 Å². The van der Waals surface area contributed by atoms with Crippen LogP contribution in [0.4, 0.5) is 5.82 Å². The molecule has 0 radical (unpaired) electrons. The SMILES string of the molecule is C=CCN(c1cc(CNC2CC2)cc(C)n1)C(C)(C)C. The molecule has 1 aromatic rings. The summed E-state index contributed by atoms with van der Waals surface area (Å²) in [5, 5.41) is 3.57. The van der Waals surface area contributed by atoms with Gasteiger partial charge in [-0.1, -0.05) is 6.08 Å². The molecule has 0 saturated heterocycles. The van der Waals surface area contributed by atoms with Crippen molar-refractivity contribution in [3.8, 4) is 0 Å². The van der Waals surface area contributed by atoms with Crippen LogP contribution in [0.2, 0.25) is 0 Å². The number of nitrogens with zero attached hydrogens (tertiary/aromatic N) is 2. The first kappa shape index (κ1) is 15.0. The molecule has 1 fully saturated rings. The maximum atomic E-state index is 4.71. The van der Waals surface area contributed by atoms with E-state index in [4.69, 9.17) is 4.98 Å². The normalized spacial score (nSPS) is 15.2. The molecule has 1 aliphatic rings. The average molecular weight is 273 g/mol. The molecule has 3 heteroatoms. The lowest BCUT2D eigenvalue weighted by Gasteiger charge is -2.36. The predicted molar refractivity (Wildman–Crippen MR) is 86.1 cm³/mol. The van der Waals surface area contributed by atoms with Crippen molar-refractivity contribution >= 4 is 5.82 Å². The van der Waals surface area contributed by atoms with Gasteiger partial charge in [0.05, 0.1) is 0 Å². The largest absolute Gasteiger partial charge is 0.348 e. The van der Waals surface area contributed by atoms with Crippen LogP contribution in [0.3, 0.4) is 0 Å². The van der Waals surface area contributed by atoms with Gasteiger partial charge in [-0.3, -0.25) is 0 Å². The highest BCUT2D eigenvalue weighted by Gasteiger charge is 2.23. The third kappa shape index (κ3) is 4.07. The highest BCUT2D eigenvalue weighted by Crippen LogP contribution is 2.24. The third-order valence-electron chi connectivity index (χ3n) is 3.57. The Morgan fingerprint density at radius 2 is 2.10 bits per heavy atom. The van der Waals surface area contributed by atoms with Crippen molar-refractivity contribution in [1.82, 2.24) is 10.3 Å². The topological polar surface area (TPSA) is 28.2 Å². The lowest BCUT2D eigenvalue weighted by Crippen LogP contribution is -2.42. The standard InChI is InChI=1S/C17H27N3/c1-6-9-20(17(3,4)5)16-11-14(10-13(2)19-16)12-18-15-7-8-15/h6,10-11,15,18H,1,7-9,12H2,2-5H3. The molecule has 3 nitrogen and oxygen atoms in total. The van der Waals surface area contributed by atoms with E-state index < -0.39 is 0 Å². The number of nitrogens with one attached hydrogen (secondary N) is 1. The van der Waals surface area contributed by atoms with Crippen molar-refractivity contribution in [2.45, 2.75) is 58.7 Å². The monoisotopic (exact) mass is 273 g/mol. The number of aryl methyl sites for hydroxylation is 1. The molecule has 0 unspecified atom stereocenters. The van der Waals surface area contributed by atoms with Crippen LogP contribution in [0.1, 0.15) is 44.9 Å². The van der Waals surface area contributed by atoms with Crippen LogP contribution < -0.4 is 10.2 Å². The van der Waals surface area contributed by atoms with Gasteiger partial charge in [-0.25, -0.2) is 4.98 Å². The molecule has 20 heavy (non-hydrogen) atoms. The summed E-state index contributed by atoms with van der Waals surface area (Å²) < 4.78 is 0. The van der Waals surface area contributed by atoms with Crippen LogP contribution in [-0.2, 0) is 6.54 Å². The van der Waals surface area contributed by atoms with Crippen molar-refractivity contribution in [3.63, 3.8) is 0 Å². The van der Waals surface area contributed by atoms with Gasteiger partial charge in [0, 0.05) is 30.4 Å². The Morgan fingerprint density at radius 1 is 1.40 bits per heavy atom. The predicted octanol–water partition coefficient (Wildman–Crippen LogP) is 3.43. The fraction of sp³-hybridized carbons (Fsp3) is 0.588. The third-order valence-corrected chi connectivity index (χ3v) is 3.57. The molecule has 0 spiro atoms. The first-order valence-corrected chi connectivity index (χ1v) is 7.49. The number of rotatable bonds is 6. The maximum absolute atomic E-state index is 4.71. The Labute approximate surface area is 123 Å². The molecule has 1 aliphatic carbocycles. The van der Waals surface area contributed by atoms with Crippen molar-refractivity contribution in [3.05, 3.63) is 36.0 Å². The van der Waals surface area contributed by atoms with Crippen molar-refractivity contribution in [1.29, 1.82) is 0 Å². The minimum Gasteiger partial charge on any atom is -0.348 e. The summed E-state index contributed by atoms with van der Waals surface area (Å²) in [6.45, 7) is 14.3. The van der Waals surface area contributed by atoms with Gasteiger partial charge in [0.2, 0.25) is 0 Å². The van der Waals surface area contributed by atoms with Crippen LogP contribution in [-0.4, -0.2) is 23.1 Å². The lowest BCUT2D eigenvalue weighted by atomic mass is 10.1. The van der Waals surface area contributed by atoms with E-state index in [0.717, 1.165) is 30.6 Å². The molecule has 0 amide bonds. The van der Waals surface area contributed by atoms with Crippen molar-refractivity contribution in [2.75, 3.05) is 11.4 Å². The van der Waals surface area contributed by atoms with Gasteiger partial charge >= 0.3 is 0 Å². The first-order chi connectivity index (χ1) is 9.40. The molecular weight excluding hydrogens is 246 g/mol. The van der Waals surface area contributed by atoms with E-state index in [0.29, 0.717) is 0 Å². The van der Waals surface area contributed by atoms with Crippen LogP contribution in [0, 0.1) is 6.92 Å². The van der Waals surface area contributed by atoms with E-state index in [2.05, 4.69) is 56.6 Å². The van der Waals surface area contributed by atoms with Crippen molar-refractivity contribution < 1.29 is 0 Å². The quantitative estimate of drug-likeness (QED) is 0.805. The summed E-state index contributed by atoms with van der Waals surface area (Å²) in [7, 11) is 0. The second-order valence-electron chi connectivity index (χ2n) is 6.70. The average Bonchev–Trinajstić information content (AvgIpc) is 3.15. The molecule has 0 aromatic carbocycles. The minimum absolute atomic E-state index is 0.0379. The van der Waals surface area contributed by atoms with Crippen LogP contribution in [0.5, 0.6) is 0 Å². The van der Waals surface area contributed by atoms with Crippen LogP contribution >= 0.6 is 0 Å². The van der Waals surface area contributed by atoms with Crippen LogP contribution in [0.25, 0.3) is 0 Å². The molecular formula is C17H27N3. The zero-order chi connectivity index (χ0) is 14.8. The Hall–Kier alpha value is -1.35. The summed E-state index contributed by atoms with van der Waals surface area (Å²) in [4.78, 5) is 7.01. The highest BCUT2D eigenvalue weighted by atomic mass is 15.2. The van der Waals surface area contributed by atoms with E-state index >= 15 is 0 Å². The van der Waals surface area contributed by atoms with Gasteiger partial charge in [-0.15, -0.1) is 6.58 Å². The summed E-state index contributed by atoms with van der Waals surface area (Å²) in [6, 6.07) is 5.11. The van der Waals surface area contributed by atoms with Gasteiger partial charge in [0.15, 0.2) is 0 Å². The fourth-order valence-corrected chi connectivity index (χ4v) is 2.35. The Morgan fingerprint density at radius 3 is 2.65 bits per heavy atom. The summed E-state index contributed by atoms with van der Waals surface area (Å²) >= 11 is 0. The number of aromatic nitrogens is 1. The second kappa shape index (κ2) is 5.96. The number of hydrogen-bond acceptors (Lipinski definition) is 3. The molecule has 1 N–H and O–H groups in total. The molecule has 0 bridgehead atoms.